The Morgan fingerprint density at radius 2 is 0.414 bits per heavy atom. The SMILES string of the molecule is ClC(Cl)([As](c1ccccc1)c1ccccc1)[As](c1ccccc1)c1ccccc1.[Pd].[Pd].c1ccc([As](C[As](c2ccccc2)c2ccccc2)c2ccccc2)cc1. The third kappa shape index (κ3) is 12.5. The molecule has 0 bridgehead atoms. The van der Waals surface area contributed by atoms with Crippen LogP contribution in [0, 0.1) is 0 Å². The number of hydrogen-bond acceptors (Lipinski definition) is 0. The van der Waals surface area contributed by atoms with Crippen molar-refractivity contribution in [1.29, 1.82) is 0 Å². The molecule has 0 fully saturated rings. The molecule has 8 aromatic rings. The van der Waals surface area contributed by atoms with E-state index >= 15 is 0 Å². The van der Waals surface area contributed by atoms with Gasteiger partial charge in [-0.1, -0.05) is 0 Å². The molecule has 0 aliphatic rings. The summed E-state index contributed by atoms with van der Waals surface area (Å²) in [6, 6.07) is 87.3. The van der Waals surface area contributed by atoms with Gasteiger partial charge in [0.15, 0.2) is 0 Å². The quantitative estimate of drug-likeness (QED) is 0.0915. The summed E-state index contributed by atoms with van der Waals surface area (Å²) in [5.41, 5.74) is 0. The summed E-state index contributed by atoms with van der Waals surface area (Å²) in [6.07, 6.45) is 0. The van der Waals surface area contributed by atoms with E-state index in [1.165, 1.54) is 21.4 Å². The maximum atomic E-state index is 7.50. The molecule has 0 aliphatic carbocycles. The summed E-state index contributed by atoms with van der Waals surface area (Å²) >= 11 is 8.16. The van der Waals surface area contributed by atoms with E-state index in [-0.39, 0.29) is 40.8 Å². The average molecular weight is 1230 g/mol. The summed E-state index contributed by atoms with van der Waals surface area (Å²) in [5.74, 6) is 0. The Kier molecular flexibility index (Phi) is 19.7. The summed E-state index contributed by atoms with van der Waals surface area (Å²) < 4.78 is 11.9. The van der Waals surface area contributed by atoms with Gasteiger partial charge in [0.1, 0.15) is 0 Å². The van der Waals surface area contributed by atoms with Crippen LogP contribution in [0.1, 0.15) is 0 Å². The van der Waals surface area contributed by atoms with E-state index in [9.17, 15) is 0 Å². The van der Waals surface area contributed by atoms with Gasteiger partial charge in [-0.3, -0.25) is 0 Å². The molecule has 0 amide bonds. The third-order valence-corrected chi connectivity index (χ3v) is 41.2. The van der Waals surface area contributed by atoms with Crippen molar-refractivity contribution in [2.75, 3.05) is 0 Å². The Morgan fingerprint density at radius 3 is 0.586 bits per heavy atom. The number of rotatable bonds is 12. The van der Waals surface area contributed by atoms with E-state index in [0.717, 1.165) is 0 Å². The van der Waals surface area contributed by atoms with Crippen LogP contribution >= 0.6 is 23.2 Å². The molecule has 0 radical (unpaired) electrons. The van der Waals surface area contributed by atoms with Crippen molar-refractivity contribution in [2.24, 2.45) is 0 Å². The van der Waals surface area contributed by atoms with Crippen molar-refractivity contribution in [3.05, 3.63) is 243 Å². The molecule has 0 unspecified atom stereocenters. The standard InChI is InChI=1S/C25H20As2Cl2.C25H22As2.2Pd/c28-25(29,26(21-13-5-1-6-14-21)22-15-7-2-8-16-22)27(23-17-9-3-10-18-23)24-19-11-4-12-20-24;1-5-13-22(14-6-1)26(23-15-7-2-8-16-23)21-27(24-17-9-3-10-18-24)25-19-11-4-12-20-25;;/h1-20H;1-20H,21H2;;. The van der Waals surface area contributed by atoms with E-state index in [4.69, 9.17) is 23.2 Å². The van der Waals surface area contributed by atoms with Crippen LogP contribution in [0.3, 0.4) is 0 Å². The minimum atomic E-state index is -2.05. The van der Waals surface area contributed by atoms with Gasteiger partial charge >= 0.3 is 365 Å². The van der Waals surface area contributed by atoms with Crippen molar-refractivity contribution in [1.82, 2.24) is 0 Å². The van der Waals surface area contributed by atoms with E-state index < -0.39 is 60.5 Å². The molecule has 8 aromatic carbocycles. The molecule has 0 aliphatic heterocycles. The van der Waals surface area contributed by atoms with Crippen molar-refractivity contribution in [2.45, 2.75) is 5.91 Å². The second-order valence-corrected chi connectivity index (χ2v) is 39.7. The van der Waals surface area contributed by atoms with Gasteiger partial charge in [-0.15, -0.1) is 0 Å². The van der Waals surface area contributed by atoms with Gasteiger partial charge in [0, 0.05) is 40.8 Å². The van der Waals surface area contributed by atoms with Gasteiger partial charge in [0.05, 0.1) is 0 Å². The first-order chi connectivity index (χ1) is 27.6. The van der Waals surface area contributed by atoms with Crippen molar-refractivity contribution >= 4 is 117 Å². The Labute approximate surface area is 401 Å². The summed E-state index contributed by atoms with van der Waals surface area (Å²) in [4.78, 5) is 0. The predicted molar refractivity (Wildman–Crippen MR) is 251 cm³/mol. The monoisotopic (exact) mass is 1220 g/mol. The van der Waals surface area contributed by atoms with Crippen LogP contribution < -0.4 is 34.8 Å². The van der Waals surface area contributed by atoms with Crippen molar-refractivity contribution < 1.29 is 40.8 Å². The normalized spacial score (nSPS) is 11.0. The summed E-state index contributed by atoms with van der Waals surface area (Å²) in [7, 11) is 0. The topological polar surface area (TPSA) is 0 Å². The first-order valence-electron chi connectivity index (χ1n) is 18.5. The number of hydrogen-bond donors (Lipinski definition) is 0. The summed E-state index contributed by atoms with van der Waals surface area (Å²) in [6.45, 7) is 0. The predicted octanol–water partition coefficient (Wildman–Crippen LogP) is 7.00. The molecule has 0 N–H and O–H groups in total. The molecule has 296 valence electrons. The molecule has 8 rings (SSSR count). The van der Waals surface area contributed by atoms with E-state index in [2.05, 4.69) is 243 Å². The second-order valence-electron chi connectivity index (χ2n) is 12.9. The van der Waals surface area contributed by atoms with E-state index in [1.54, 1.807) is 17.4 Å². The Bertz CT molecular complexity index is 1990. The van der Waals surface area contributed by atoms with Crippen LogP contribution in [-0.2, 0) is 40.8 Å². The van der Waals surface area contributed by atoms with E-state index in [1.807, 2.05) is 0 Å². The van der Waals surface area contributed by atoms with Gasteiger partial charge in [-0.2, -0.15) is 0 Å². The fourth-order valence-corrected chi connectivity index (χ4v) is 43.9. The molecule has 8 heteroatoms. The van der Waals surface area contributed by atoms with Crippen LogP contribution in [0.25, 0.3) is 0 Å². The first-order valence-corrected chi connectivity index (χ1v) is 31.3. The van der Waals surface area contributed by atoms with Crippen molar-refractivity contribution in [3.8, 4) is 0 Å². The zero-order chi connectivity index (χ0) is 38.4. The number of benzene rings is 8. The fraction of sp³-hybridized carbons (Fsp3) is 0.0400. The van der Waals surface area contributed by atoms with Crippen LogP contribution in [0.5, 0.6) is 0 Å². The van der Waals surface area contributed by atoms with Crippen molar-refractivity contribution in [3.63, 3.8) is 0 Å². The van der Waals surface area contributed by atoms with Crippen LogP contribution in [0.4, 0.5) is 0 Å². The van der Waals surface area contributed by atoms with Gasteiger partial charge in [-0.25, -0.2) is 0 Å². The molecule has 0 aromatic heterocycles. The summed E-state index contributed by atoms with van der Waals surface area (Å²) in [5, 5.41) is 0. The molecular weight excluding hydrogens is 1180 g/mol. The zero-order valence-electron chi connectivity index (χ0n) is 31.5. The Hall–Kier alpha value is -2.10. The Balaban J connectivity index is 0.000000214. The minimum absolute atomic E-state index is 0. The van der Waals surface area contributed by atoms with Gasteiger partial charge < -0.3 is 0 Å². The van der Waals surface area contributed by atoms with Crippen LogP contribution in [-0.4, -0.2) is 60.5 Å². The first kappa shape index (κ1) is 47.0. The van der Waals surface area contributed by atoms with Gasteiger partial charge in [-0.05, 0) is 0 Å². The molecule has 0 saturated heterocycles. The van der Waals surface area contributed by atoms with E-state index in [0.29, 0.717) is 0 Å². The average Bonchev–Trinajstić information content (AvgIpc) is 3.27. The molecule has 0 heterocycles. The zero-order valence-corrected chi connectivity index (χ0v) is 43.6. The fourth-order valence-electron chi connectivity index (χ4n) is 6.53. The molecule has 58 heavy (non-hydrogen) atoms. The molecule has 0 atom stereocenters. The van der Waals surface area contributed by atoms with Crippen LogP contribution in [0.2, 0.25) is 4.00 Å². The maximum absolute atomic E-state index is 7.50. The Morgan fingerprint density at radius 1 is 0.259 bits per heavy atom. The van der Waals surface area contributed by atoms with Gasteiger partial charge in [0.25, 0.3) is 0 Å². The van der Waals surface area contributed by atoms with Gasteiger partial charge in [0.2, 0.25) is 0 Å². The molecule has 0 saturated carbocycles. The second kappa shape index (κ2) is 24.4. The molecular formula is C50H42As4Cl2Pd2. The number of halogens is 2. The molecule has 0 spiro atoms. The van der Waals surface area contributed by atoms with Crippen LogP contribution in [0.15, 0.2) is 243 Å². The third-order valence-electron chi connectivity index (χ3n) is 9.15. The number of alkyl halides is 2. The molecule has 0 nitrogen and oxygen atoms in total.